The maximum absolute atomic E-state index is 3.66. The second-order valence-corrected chi connectivity index (χ2v) is 5.65. The quantitative estimate of drug-likeness (QED) is 0.871. The highest BCUT2D eigenvalue weighted by Crippen LogP contribution is 2.22. The van der Waals surface area contributed by atoms with E-state index in [2.05, 4.69) is 55.4 Å². The fourth-order valence-electron chi connectivity index (χ4n) is 2.53. The van der Waals surface area contributed by atoms with Gasteiger partial charge in [0.2, 0.25) is 0 Å². The van der Waals surface area contributed by atoms with Gasteiger partial charge in [-0.15, -0.1) is 0 Å². The lowest BCUT2D eigenvalue weighted by atomic mass is 9.98. The topological polar surface area (TPSA) is 15.3 Å². The van der Waals surface area contributed by atoms with Gasteiger partial charge in [0.25, 0.3) is 0 Å². The van der Waals surface area contributed by atoms with Gasteiger partial charge in [-0.2, -0.15) is 0 Å². The summed E-state index contributed by atoms with van der Waals surface area (Å²) in [4.78, 5) is 2.41. The Morgan fingerprint density at radius 3 is 2.39 bits per heavy atom. The molecule has 0 aliphatic carbocycles. The van der Waals surface area contributed by atoms with Crippen molar-refractivity contribution >= 4 is 5.69 Å². The lowest BCUT2D eigenvalue weighted by Crippen LogP contribution is -2.36. The van der Waals surface area contributed by atoms with Gasteiger partial charge in [0, 0.05) is 11.7 Å². The number of piperidine rings is 1. The van der Waals surface area contributed by atoms with Crippen molar-refractivity contribution in [3.05, 3.63) is 29.8 Å². The van der Waals surface area contributed by atoms with E-state index in [0.29, 0.717) is 12.0 Å². The summed E-state index contributed by atoms with van der Waals surface area (Å²) in [6.45, 7) is 6.96. The van der Waals surface area contributed by atoms with Crippen LogP contribution in [-0.2, 0) is 0 Å². The van der Waals surface area contributed by atoms with Gasteiger partial charge < -0.3 is 10.2 Å². The van der Waals surface area contributed by atoms with Gasteiger partial charge in [-0.1, -0.05) is 26.0 Å². The minimum Gasteiger partial charge on any atom is -0.382 e. The Morgan fingerprint density at radius 1 is 1.22 bits per heavy atom. The van der Waals surface area contributed by atoms with Crippen molar-refractivity contribution in [2.45, 2.75) is 45.1 Å². The maximum atomic E-state index is 3.66. The van der Waals surface area contributed by atoms with Crippen molar-refractivity contribution in [1.82, 2.24) is 4.90 Å². The fraction of sp³-hybridized carbons (Fsp3) is 0.625. The molecule has 1 N–H and O–H groups in total. The number of benzene rings is 1. The van der Waals surface area contributed by atoms with Crippen molar-refractivity contribution in [2.24, 2.45) is 0 Å². The standard InChI is InChI=1S/C16H26N2/c1-4-13(2)14-5-7-15(8-6-14)17-16-9-11-18(3)12-10-16/h5-8,13,16-17H,4,9-12H2,1-3H3. The van der Waals surface area contributed by atoms with E-state index >= 15 is 0 Å². The molecule has 1 saturated heterocycles. The number of nitrogens with one attached hydrogen (secondary N) is 1. The van der Waals surface area contributed by atoms with E-state index in [-0.39, 0.29) is 0 Å². The minimum atomic E-state index is 0.649. The fourth-order valence-corrected chi connectivity index (χ4v) is 2.53. The highest BCUT2D eigenvalue weighted by Gasteiger charge is 2.16. The van der Waals surface area contributed by atoms with Gasteiger partial charge in [0.15, 0.2) is 0 Å². The largest absolute Gasteiger partial charge is 0.382 e. The van der Waals surface area contributed by atoms with Gasteiger partial charge in [-0.25, -0.2) is 0 Å². The lowest BCUT2D eigenvalue weighted by molar-refractivity contribution is 0.264. The third kappa shape index (κ3) is 3.49. The molecule has 18 heavy (non-hydrogen) atoms. The van der Waals surface area contributed by atoms with Crippen molar-refractivity contribution in [3.63, 3.8) is 0 Å². The molecule has 2 nitrogen and oxygen atoms in total. The summed E-state index contributed by atoms with van der Waals surface area (Å²) < 4.78 is 0. The summed E-state index contributed by atoms with van der Waals surface area (Å²) in [7, 11) is 2.21. The van der Waals surface area contributed by atoms with Crippen LogP contribution in [0.2, 0.25) is 0 Å². The van der Waals surface area contributed by atoms with E-state index < -0.39 is 0 Å². The van der Waals surface area contributed by atoms with Crippen molar-refractivity contribution in [3.8, 4) is 0 Å². The Morgan fingerprint density at radius 2 is 1.83 bits per heavy atom. The molecule has 1 aromatic rings. The first-order valence-electron chi connectivity index (χ1n) is 7.24. The van der Waals surface area contributed by atoms with Crippen LogP contribution < -0.4 is 5.32 Å². The van der Waals surface area contributed by atoms with E-state index in [1.54, 1.807) is 0 Å². The van der Waals surface area contributed by atoms with Crippen molar-refractivity contribution in [1.29, 1.82) is 0 Å². The van der Waals surface area contributed by atoms with Crippen LogP contribution in [0.25, 0.3) is 0 Å². The molecule has 0 spiro atoms. The van der Waals surface area contributed by atoms with Gasteiger partial charge in [0.05, 0.1) is 0 Å². The molecule has 2 heteroatoms. The number of likely N-dealkylation sites (tertiary alicyclic amines) is 1. The molecule has 100 valence electrons. The Kier molecular flexibility index (Phi) is 4.65. The first kappa shape index (κ1) is 13.4. The van der Waals surface area contributed by atoms with Crippen molar-refractivity contribution < 1.29 is 0 Å². The number of hydrogen-bond acceptors (Lipinski definition) is 2. The second kappa shape index (κ2) is 6.24. The van der Waals surface area contributed by atoms with Crippen LogP contribution >= 0.6 is 0 Å². The van der Waals surface area contributed by atoms with Gasteiger partial charge in [-0.05, 0) is 63.0 Å². The summed E-state index contributed by atoms with van der Waals surface area (Å²) in [6.07, 6.45) is 3.72. The maximum Gasteiger partial charge on any atom is 0.0342 e. The van der Waals surface area contributed by atoms with Crippen LogP contribution in [-0.4, -0.2) is 31.1 Å². The highest BCUT2D eigenvalue weighted by molar-refractivity contribution is 5.46. The molecule has 1 unspecified atom stereocenters. The molecule has 1 aromatic carbocycles. The van der Waals surface area contributed by atoms with E-state index in [1.807, 2.05) is 0 Å². The molecule has 0 amide bonds. The average Bonchev–Trinajstić information content (AvgIpc) is 2.41. The van der Waals surface area contributed by atoms with Crippen LogP contribution in [0.15, 0.2) is 24.3 Å². The predicted octanol–water partition coefficient (Wildman–Crippen LogP) is 3.71. The molecule has 0 aromatic heterocycles. The monoisotopic (exact) mass is 246 g/mol. The first-order chi connectivity index (χ1) is 8.69. The van der Waals surface area contributed by atoms with Gasteiger partial charge in [-0.3, -0.25) is 0 Å². The predicted molar refractivity (Wildman–Crippen MR) is 79.3 cm³/mol. The Labute approximate surface area is 111 Å². The Bertz CT molecular complexity index is 350. The van der Waals surface area contributed by atoms with E-state index in [9.17, 15) is 0 Å². The molecule has 1 fully saturated rings. The molecule has 1 aliphatic rings. The van der Waals surface area contributed by atoms with Crippen LogP contribution in [0.5, 0.6) is 0 Å². The summed E-state index contributed by atoms with van der Waals surface area (Å²) in [5, 5.41) is 3.66. The summed E-state index contributed by atoms with van der Waals surface area (Å²) in [5.74, 6) is 0.669. The molecule has 0 saturated carbocycles. The molecule has 1 heterocycles. The van der Waals surface area contributed by atoms with Crippen LogP contribution in [0.3, 0.4) is 0 Å². The van der Waals surface area contributed by atoms with Gasteiger partial charge >= 0.3 is 0 Å². The van der Waals surface area contributed by atoms with Crippen LogP contribution in [0.4, 0.5) is 5.69 Å². The zero-order chi connectivity index (χ0) is 13.0. The van der Waals surface area contributed by atoms with E-state index in [4.69, 9.17) is 0 Å². The zero-order valence-corrected chi connectivity index (χ0v) is 11.9. The number of hydrogen-bond donors (Lipinski definition) is 1. The minimum absolute atomic E-state index is 0.649. The third-order valence-electron chi connectivity index (χ3n) is 4.18. The lowest BCUT2D eigenvalue weighted by Gasteiger charge is -2.30. The SMILES string of the molecule is CCC(C)c1ccc(NC2CCN(C)CC2)cc1. The van der Waals surface area contributed by atoms with Crippen LogP contribution in [0.1, 0.15) is 44.6 Å². The Balaban J connectivity index is 1.90. The number of rotatable bonds is 4. The second-order valence-electron chi connectivity index (χ2n) is 5.65. The first-order valence-corrected chi connectivity index (χ1v) is 7.24. The molecule has 1 aliphatic heterocycles. The molecular weight excluding hydrogens is 220 g/mol. The summed E-state index contributed by atoms with van der Waals surface area (Å²) in [5.41, 5.74) is 2.73. The van der Waals surface area contributed by atoms with Crippen LogP contribution in [0, 0.1) is 0 Å². The Hall–Kier alpha value is -1.02. The summed E-state index contributed by atoms with van der Waals surface area (Å²) >= 11 is 0. The normalized spacial score (nSPS) is 19.7. The average molecular weight is 246 g/mol. The van der Waals surface area contributed by atoms with Crippen molar-refractivity contribution in [2.75, 3.05) is 25.5 Å². The molecule has 1 atom stereocenters. The third-order valence-corrected chi connectivity index (χ3v) is 4.18. The van der Waals surface area contributed by atoms with E-state index in [0.717, 1.165) is 0 Å². The van der Waals surface area contributed by atoms with Gasteiger partial charge in [0.1, 0.15) is 0 Å². The van der Waals surface area contributed by atoms with E-state index in [1.165, 1.54) is 43.6 Å². The highest BCUT2D eigenvalue weighted by atomic mass is 15.1. The number of anilines is 1. The molecule has 0 bridgehead atoms. The molecule has 2 rings (SSSR count). The summed E-state index contributed by atoms with van der Waals surface area (Å²) in [6, 6.07) is 9.66. The molecular formula is C16H26N2. The molecule has 0 radical (unpaired) electrons. The smallest absolute Gasteiger partial charge is 0.0342 e. The number of nitrogens with zero attached hydrogens (tertiary/aromatic N) is 1. The zero-order valence-electron chi connectivity index (χ0n) is 11.9.